The summed E-state index contributed by atoms with van der Waals surface area (Å²) in [5.74, 6) is 0.0409. The Balaban J connectivity index is 1.54. The molecule has 124 valence electrons. The second kappa shape index (κ2) is 7.15. The second-order valence-corrected chi connectivity index (χ2v) is 6.13. The van der Waals surface area contributed by atoms with Crippen LogP contribution >= 0.6 is 0 Å². The van der Waals surface area contributed by atoms with E-state index in [1.807, 2.05) is 13.0 Å². The van der Waals surface area contributed by atoms with Crippen molar-refractivity contribution in [2.24, 2.45) is 0 Å². The molecule has 3 rings (SSSR count). The van der Waals surface area contributed by atoms with E-state index in [4.69, 9.17) is 9.15 Å². The van der Waals surface area contributed by atoms with Crippen molar-refractivity contribution in [2.45, 2.75) is 20.3 Å². The third kappa shape index (κ3) is 3.74. The highest BCUT2D eigenvalue weighted by molar-refractivity contribution is 5.89. The van der Waals surface area contributed by atoms with Crippen LogP contribution in [0.25, 0.3) is 11.0 Å². The van der Waals surface area contributed by atoms with E-state index in [0.29, 0.717) is 13.0 Å². The molecule has 2 heterocycles. The molecule has 1 N–H and O–H groups in total. The lowest BCUT2D eigenvalue weighted by Crippen LogP contribution is -2.41. The highest BCUT2D eigenvalue weighted by Gasteiger charge is 2.14. The van der Waals surface area contributed by atoms with E-state index in [0.717, 1.165) is 54.9 Å². The fourth-order valence-electron chi connectivity index (χ4n) is 2.94. The molecule has 23 heavy (non-hydrogen) atoms. The van der Waals surface area contributed by atoms with Crippen LogP contribution in [0.5, 0.6) is 0 Å². The van der Waals surface area contributed by atoms with Gasteiger partial charge in [0.25, 0.3) is 0 Å². The van der Waals surface area contributed by atoms with Gasteiger partial charge in [-0.15, -0.1) is 0 Å². The number of aryl methyl sites for hydroxylation is 2. The quantitative estimate of drug-likeness (QED) is 0.917. The van der Waals surface area contributed by atoms with E-state index in [-0.39, 0.29) is 5.91 Å². The van der Waals surface area contributed by atoms with Gasteiger partial charge in [-0.3, -0.25) is 9.69 Å². The first kappa shape index (κ1) is 16.0. The lowest BCUT2D eigenvalue weighted by molar-refractivity contribution is -0.120. The zero-order valence-electron chi connectivity index (χ0n) is 13.9. The number of hydrogen-bond acceptors (Lipinski definition) is 4. The highest BCUT2D eigenvalue weighted by atomic mass is 16.5. The average Bonchev–Trinajstić information content (AvgIpc) is 2.95. The maximum Gasteiger partial charge on any atom is 0.224 e. The molecule has 1 aliphatic rings. The molecule has 1 fully saturated rings. The topological polar surface area (TPSA) is 54.7 Å². The van der Waals surface area contributed by atoms with Crippen molar-refractivity contribution in [3.05, 3.63) is 35.1 Å². The van der Waals surface area contributed by atoms with Crippen LogP contribution in [-0.2, 0) is 16.0 Å². The lowest BCUT2D eigenvalue weighted by Gasteiger charge is -2.26. The zero-order chi connectivity index (χ0) is 16.2. The smallest absolute Gasteiger partial charge is 0.224 e. The summed E-state index contributed by atoms with van der Waals surface area (Å²) in [6, 6.07) is 4.12. The van der Waals surface area contributed by atoms with Crippen molar-refractivity contribution in [1.29, 1.82) is 0 Å². The van der Waals surface area contributed by atoms with Gasteiger partial charge >= 0.3 is 0 Å². The number of morpholine rings is 1. The zero-order valence-corrected chi connectivity index (χ0v) is 13.9. The monoisotopic (exact) mass is 316 g/mol. The van der Waals surface area contributed by atoms with Crippen molar-refractivity contribution in [3.8, 4) is 0 Å². The summed E-state index contributed by atoms with van der Waals surface area (Å²) >= 11 is 0. The molecule has 1 aliphatic heterocycles. The average molecular weight is 316 g/mol. The fraction of sp³-hybridized carbons (Fsp3) is 0.500. The van der Waals surface area contributed by atoms with Crippen molar-refractivity contribution >= 4 is 16.9 Å². The van der Waals surface area contributed by atoms with Gasteiger partial charge in [-0.05, 0) is 25.0 Å². The van der Waals surface area contributed by atoms with Crippen LogP contribution in [0.15, 0.2) is 22.8 Å². The van der Waals surface area contributed by atoms with Crippen LogP contribution in [0.4, 0.5) is 0 Å². The lowest BCUT2D eigenvalue weighted by atomic mass is 10.0. The summed E-state index contributed by atoms with van der Waals surface area (Å²) in [6.07, 6.45) is 2.07. The van der Waals surface area contributed by atoms with Crippen LogP contribution in [0.3, 0.4) is 0 Å². The van der Waals surface area contributed by atoms with Crippen molar-refractivity contribution in [1.82, 2.24) is 10.2 Å². The largest absolute Gasteiger partial charge is 0.464 e. The SMILES string of the molecule is Cc1ccc2c(CC(=O)NCCN3CCOCC3)coc2c1C. The van der Waals surface area contributed by atoms with E-state index in [2.05, 4.69) is 23.2 Å². The first-order valence-electron chi connectivity index (χ1n) is 8.18. The predicted octanol–water partition coefficient (Wildman–Crippen LogP) is 2.04. The van der Waals surface area contributed by atoms with Crippen molar-refractivity contribution in [3.63, 3.8) is 0 Å². The van der Waals surface area contributed by atoms with E-state index in [9.17, 15) is 4.79 Å². The molecule has 0 aliphatic carbocycles. The Morgan fingerprint density at radius 1 is 1.26 bits per heavy atom. The summed E-state index contributed by atoms with van der Waals surface area (Å²) in [6.45, 7) is 9.12. The van der Waals surface area contributed by atoms with Gasteiger partial charge in [-0.1, -0.05) is 12.1 Å². The van der Waals surface area contributed by atoms with Crippen LogP contribution in [0.1, 0.15) is 16.7 Å². The summed E-state index contributed by atoms with van der Waals surface area (Å²) in [5, 5.41) is 4.03. The van der Waals surface area contributed by atoms with Crippen molar-refractivity contribution in [2.75, 3.05) is 39.4 Å². The Labute approximate surface area is 136 Å². The first-order chi connectivity index (χ1) is 11.1. The minimum Gasteiger partial charge on any atom is -0.464 e. The molecule has 0 atom stereocenters. The van der Waals surface area contributed by atoms with Gasteiger partial charge in [-0.25, -0.2) is 0 Å². The molecular weight excluding hydrogens is 292 g/mol. The number of carbonyl (C=O) groups excluding carboxylic acids is 1. The predicted molar refractivity (Wildman–Crippen MR) is 89.7 cm³/mol. The van der Waals surface area contributed by atoms with Gasteiger partial charge in [0.15, 0.2) is 0 Å². The van der Waals surface area contributed by atoms with E-state index in [1.165, 1.54) is 5.56 Å². The minimum absolute atomic E-state index is 0.0409. The third-order valence-electron chi connectivity index (χ3n) is 4.55. The Morgan fingerprint density at radius 2 is 2.04 bits per heavy atom. The van der Waals surface area contributed by atoms with Gasteiger partial charge in [0.05, 0.1) is 25.9 Å². The molecule has 0 unspecified atom stereocenters. The molecule has 5 heteroatoms. The van der Waals surface area contributed by atoms with Crippen LogP contribution < -0.4 is 5.32 Å². The third-order valence-corrected chi connectivity index (χ3v) is 4.55. The van der Waals surface area contributed by atoms with Crippen LogP contribution in [-0.4, -0.2) is 50.2 Å². The van der Waals surface area contributed by atoms with Crippen LogP contribution in [0, 0.1) is 13.8 Å². The molecule has 0 bridgehead atoms. The summed E-state index contributed by atoms with van der Waals surface area (Å²) < 4.78 is 11.0. The Kier molecular flexibility index (Phi) is 4.98. The molecule has 1 amide bonds. The molecule has 1 aromatic carbocycles. The number of furan rings is 1. The molecule has 2 aromatic rings. The van der Waals surface area contributed by atoms with E-state index in [1.54, 1.807) is 6.26 Å². The number of nitrogens with zero attached hydrogens (tertiary/aromatic N) is 1. The second-order valence-electron chi connectivity index (χ2n) is 6.13. The van der Waals surface area contributed by atoms with Gasteiger partial charge in [0.2, 0.25) is 5.91 Å². The number of ether oxygens (including phenoxy) is 1. The van der Waals surface area contributed by atoms with Gasteiger partial charge in [0, 0.05) is 37.1 Å². The first-order valence-corrected chi connectivity index (χ1v) is 8.18. The van der Waals surface area contributed by atoms with Crippen LogP contribution in [0.2, 0.25) is 0 Å². The van der Waals surface area contributed by atoms with E-state index >= 15 is 0 Å². The Bertz CT molecular complexity index is 687. The summed E-state index contributed by atoms with van der Waals surface area (Å²) in [4.78, 5) is 14.5. The number of carbonyl (C=O) groups is 1. The number of fused-ring (bicyclic) bond motifs is 1. The maximum atomic E-state index is 12.2. The summed E-state index contributed by atoms with van der Waals surface area (Å²) in [7, 11) is 0. The molecule has 1 aromatic heterocycles. The fourth-order valence-corrected chi connectivity index (χ4v) is 2.94. The number of benzene rings is 1. The molecule has 0 saturated carbocycles. The minimum atomic E-state index is 0.0409. The number of rotatable bonds is 5. The highest BCUT2D eigenvalue weighted by Crippen LogP contribution is 2.26. The molecule has 0 radical (unpaired) electrons. The van der Waals surface area contributed by atoms with Crippen molar-refractivity contribution < 1.29 is 13.9 Å². The normalized spacial score (nSPS) is 15.9. The standard InChI is InChI=1S/C18H24N2O3/c1-13-3-4-16-15(12-23-18(16)14(13)2)11-17(21)19-5-6-20-7-9-22-10-8-20/h3-4,12H,5-11H2,1-2H3,(H,19,21). The van der Waals surface area contributed by atoms with E-state index < -0.39 is 0 Å². The van der Waals surface area contributed by atoms with Gasteiger partial charge < -0.3 is 14.5 Å². The Morgan fingerprint density at radius 3 is 2.83 bits per heavy atom. The molecule has 0 spiro atoms. The molecule has 5 nitrogen and oxygen atoms in total. The number of hydrogen-bond donors (Lipinski definition) is 1. The molecule has 1 saturated heterocycles. The summed E-state index contributed by atoms with van der Waals surface area (Å²) in [5.41, 5.74) is 4.18. The maximum absolute atomic E-state index is 12.2. The molecular formula is C18H24N2O3. The van der Waals surface area contributed by atoms with Gasteiger partial charge in [-0.2, -0.15) is 0 Å². The number of amides is 1. The Hall–Kier alpha value is -1.85. The van der Waals surface area contributed by atoms with Gasteiger partial charge in [0.1, 0.15) is 5.58 Å². The number of nitrogens with one attached hydrogen (secondary N) is 1.